The van der Waals surface area contributed by atoms with Crippen LogP contribution < -0.4 is 11.1 Å². The standard InChI is InChI=1S/C9H20N4S/c1-2-12-5-7-13(8-6-12)4-3-11-9(10)14/h2-8H2,1H3,(H3,10,11,14). The molecule has 1 aliphatic rings. The van der Waals surface area contributed by atoms with Crippen LogP contribution in [0, 0.1) is 0 Å². The minimum absolute atomic E-state index is 0.400. The summed E-state index contributed by atoms with van der Waals surface area (Å²) in [5.41, 5.74) is 5.35. The fourth-order valence-electron chi connectivity index (χ4n) is 1.67. The van der Waals surface area contributed by atoms with Gasteiger partial charge in [-0.1, -0.05) is 6.92 Å². The van der Waals surface area contributed by atoms with Gasteiger partial charge in [0.05, 0.1) is 0 Å². The normalized spacial score (nSPS) is 19.5. The maximum Gasteiger partial charge on any atom is 0.163 e. The first kappa shape index (κ1) is 11.7. The molecule has 5 heteroatoms. The van der Waals surface area contributed by atoms with Crippen molar-refractivity contribution in [3.8, 4) is 0 Å². The summed E-state index contributed by atoms with van der Waals surface area (Å²) in [6, 6.07) is 0. The molecule has 0 spiro atoms. The summed E-state index contributed by atoms with van der Waals surface area (Å²) in [6.45, 7) is 9.96. The van der Waals surface area contributed by atoms with Crippen LogP contribution in [0.2, 0.25) is 0 Å². The summed E-state index contributed by atoms with van der Waals surface area (Å²) >= 11 is 4.74. The van der Waals surface area contributed by atoms with Crippen LogP contribution >= 0.6 is 12.2 Å². The van der Waals surface area contributed by atoms with Gasteiger partial charge in [-0.25, -0.2) is 0 Å². The maximum absolute atomic E-state index is 5.35. The van der Waals surface area contributed by atoms with Crippen molar-refractivity contribution in [2.24, 2.45) is 5.73 Å². The molecule has 0 atom stereocenters. The summed E-state index contributed by atoms with van der Waals surface area (Å²) in [7, 11) is 0. The lowest BCUT2D eigenvalue weighted by Crippen LogP contribution is -2.48. The van der Waals surface area contributed by atoms with E-state index in [1.54, 1.807) is 0 Å². The van der Waals surface area contributed by atoms with Gasteiger partial charge < -0.3 is 16.0 Å². The second-order valence-electron chi connectivity index (χ2n) is 3.57. The van der Waals surface area contributed by atoms with Crippen LogP contribution in [-0.2, 0) is 0 Å². The average molecular weight is 216 g/mol. The molecule has 1 aliphatic heterocycles. The molecule has 0 aromatic rings. The van der Waals surface area contributed by atoms with Crippen molar-refractivity contribution in [1.82, 2.24) is 15.1 Å². The average Bonchev–Trinajstić information content (AvgIpc) is 2.18. The summed E-state index contributed by atoms with van der Waals surface area (Å²) in [6.07, 6.45) is 0. The highest BCUT2D eigenvalue weighted by Gasteiger charge is 2.14. The van der Waals surface area contributed by atoms with Crippen molar-refractivity contribution >= 4 is 17.3 Å². The zero-order chi connectivity index (χ0) is 10.4. The Morgan fingerprint density at radius 1 is 1.29 bits per heavy atom. The quantitative estimate of drug-likeness (QED) is 0.618. The molecule has 0 aromatic carbocycles. The number of likely N-dealkylation sites (N-methyl/N-ethyl adjacent to an activating group) is 1. The minimum atomic E-state index is 0.400. The van der Waals surface area contributed by atoms with Gasteiger partial charge >= 0.3 is 0 Å². The van der Waals surface area contributed by atoms with Gasteiger partial charge in [0.2, 0.25) is 0 Å². The highest BCUT2D eigenvalue weighted by molar-refractivity contribution is 7.80. The van der Waals surface area contributed by atoms with Crippen LogP contribution in [0.3, 0.4) is 0 Å². The second-order valence-corrected chi connectivity index (χ2v) is 4.01. The molecule has 1 fully saturated rings. The van der Waals surface area contributed by atoms with Crippen LogP contribution in [-0.4, -0.2) is 60.7 Å². The SMILES string of the molecule is CCN1CCN(CCNC(N)=S)CC1. The Balaban J connectivity index is 2.07. The third-order valence-electron chi connectivity index (χ3n) is 2.64. The lowest BCUT2D eigenvalue weighted by atomic mass is 10.3. The Morgan fingerprint density at radius 2 is 1.86 bits per heavy atom. The molecule has 3 N–H and O–H groups in total. The van der Waals surface area contributed by atoms with Gasteiger partial charge in [-0.05, 0) is 18.8 Å². The number of nitrogens with two attached hydrogens (primary N) is 1. The van der Waals surface area contributed by atoms with Crippen LogP contribution in [0.5, 0.6) is 0 Å². The molecule has 1 rings (SSSR count). The molecular weight excluding hydrogens is 196 g/mol. The molecule has 0 bridgehead atoms. The fourth-order valence-corrected chi connectivity index (χ4v) is 1.77. The molecule has 0 saturated carbocycles. The van der Waals surface area contributed by atoms with Crippen molar-refractivity contribution in [2.75, 3.05) is 45.8 Å². The van der Waals surface area contributed by atoms with Gasteiger partial charge in [0.25, 0.3) is 0 Å². The predicted octanol–water partition coefficient (Wildman–Crippen LogP) is -0.543. The van der Waals surface area contributed by atoms with E-state index in [1.807, 2.05) is 0 Å². The number of rotatable bonds is 4. The smallest absolute Gasteiger partial charge is 0.163 e. The lowest BCUT2D eigenvalue weighted by molar-refractivity contribution is 0.139. The van der Waals surface area contributed by atoms with Crippen LogP contribution in [0.25, 0.3) is 0 Å². The minimum Gasteiger partial charge on any atom is -0.376 e. The first-order valence-electron chi connectivity index (χ1n) is 5.20. The number of hydrogen-bond donors (Lipinski definition) is 2. The first-order valence-corrected chi connectivity index (χ1v) is 5.61. The van der Waals surface area contributed by atoms with Crippen LogP contribution in [0.1, 0.15) is 6.92 Å². The van der Waals surface area contributed by atoms with E-state index in [0.29, 0.717) is 5.11 Å². The van der Waals surface area contributed by atoms with Crippen LogP contribution in [0.4, 0.5) is 0 Å². The van der Waals surface area contributed by atoms with Crippen LogP contribution in [0.15, 0.2) is 0 Å². The predicted molar refractivity (Wildman–Crippen MR) is 63.3 cm³/mol. The van der Waals surface area contributed by atoms with Gasteiger partial charge in [-0.2, -0.15) is 0 Å². The van der Waals surface area contributed by atoms with E-state index in [2.05, 4.69) is 22.0 Å². The van der Waals surface area contributed by atoms with E-state index in [9.17, 15) is 0 Å². The van der Waals surface area contributed by atoms with E-state index in [1.165, 1.54) is 19.6 Å². The third-order valence-corrected chi connectivity index (χ3v) is 2.78. The molecule has 0 amide bonds. The topological polar surface area (TPSA) is 44.5 Å². The van der Waals surface area contributed by atoms with Gasteiger partial charge in [-0.3, -0.25) is 4.90 Å². The number of nitrogens with zero attached hydrogens (tertiary/aromatic N) is 2. The van der Waals surface area contributed by atoms with Gasteiger partial charge in [0.15, 0.2) is 5.11 Å². The maximum atomic E-state index is 5.35. The second kappa shape index (κ2) is 6.16. The van der Waals surface area contributed by atoms with Crippen molar-refractivity contribution in [3.05, 3.63) is 0 Å². The van der Waals surface area contributed by atoms with E-state index in [4.69, 9.17) is 18.0 Å². The zero-order valence-electron chi connectivity index (χ0n) is 8.83. The molecule has 1 heterocycles. The Morgan fingerprint density at radius 3 is 2.36 bits per heavy atom. The summed E-state index contributed by atoms with van der Waals surface area (Å²) in [5, 5.41) is 3.37. The Labute approximate surface area is 91.4 Å². The third kappa shape index (κ3) is 4.21. The highest BCUT2D eigenvalue weighted by atomic mass is 32.1. The molecule has 1 saturated heterocycles. The number of nitrogens with one attached hydrogen (secondary N) is 1. The zero-order valence-corrected chi connectivity index (χ0v) is 9.65. The van der Waals surface area contributed by atoms with E-state index in [-0.39, 0.29) is 0 Å². The number of thiocarbonyl (C=S) groups is 1. The monoisotopic (exact) mass is 216 g/mol. The fraction of sp³-hybridized carbons (Fsp3) is 0.889. The molecule has 0 aliphatic carbocycles. The molecular formula is C9H20N4S. The van der Waals surface area contributed by atoms with E-state index >= 15 is 0 Å². The van der Waals surface area contributed by atoms with Crippen molar-refractivity contribution in [3.63, 3.8) is 0 Å². The van der Waals surface area contributed by atoms with Gasteiger partial charge in [-0.15, -0.1) is 0 Å². The molecule has 0 aromatic heterocycles. The first-order chi connectivity index (χ1) is 6.72. The molecule has 0 unspecified atom stereocenters. The largest absolute Gasteiger partial charge is 0.376 e. The molecule has 0 radical (unpaired) electrons. The summed E-state index contributed by atoms with van der Waals surface area (Å²) < 4.78 is 0. The van der Waals surface area contributed by atoms with Crippen molar-refractivity contribution in [2.45, 2.75) is 6.92 Å². The summed E-state index contributed by atoms with van der Waals surface area (Å²) in [4.78, 5) is 4.91. The Bertz CT molecular complexity index is 178. The lowest BCUT2D eigenvalue weighted by Gasteiger charge is -2.33. The number of piperazine rings is 1. The van der Waals surface area contributed by atoms with Crippen molar-refractivity contribution in [1.29, 1.82) is 0 Å². The summed E-state index contributed by atoms with van der Waals surface area (Å²) in [5.74, 6) is 0. The number of hydrogen-bond acceptors (Lipinski definition) is 3. The van der Waals surface area contributed by atoms with E-state index in [0.717, 1.165) is 26.2 Å². The van der Waals surface area contributed by atoms with Gasteiger partial charge in [0.1, 0.15) is 0 Å². The van der Waals surface area contributed by atoms with Gasteiger partial charge in [0, 0.05) is 39.3 Å². The van der Waals surface area contributed by atoms with Crippen molar-refractivity contribution < 1.29 is 0 Å². The highest BCUT2D eigenvalue weighted by Crippen LogP contribution is 1.99. The molecule has 4 nitrogen and oxygen atoms in total. The van der Waals surface area contributed by atoms with E-state index < -0.39 is 0 Å². The molecule has 82 valence electrons. The molecule has 14 heavy (non-hydrogen) atoms. The Hall–Kier alpha value is -0.390. The Kier molecular flexibility index (Phi) is 5.14.